The first kappa shape index (κ1) is 17.9. The maximum atomic E-state index is 12.9. The standard InChI is InChI=1S/C18H28N4O3/c1-13(2)14-9-21(7-3-16(23)24)10-15(14)20-17(25)18(4-5-18)11-22-8-6-19-12-22/h6,8,12-15H,3-5,7,9-11H2,1-2H3,(H,20,25)(H,23,24)/t14-,15+/m0/s1. The lowest BCUT2D eigenvalue weighted by molar-refractivity contribution is -0.137. The number of rotatable bonds is 8. The Labute approximate surface area is 148 Å². The van der Waals surface area contributed by atoms with Gasteiger partial charge in [-0.1, -0.05) is 13.8 Å². The Balaban J connectivity index is 1.60. The molecule has 1 aromatic heterocycles. The van der Waals surface area contributed by atoms with Crippen molar-refractivity contribution in [1.82, 2.24) is 19.8 Å². The van der Waals surface area contributed by atoms with Gasteiger partial charge in [0.2, 0.25) is 5.91 Å². The van der Waals surface area contributed by atoms with E-state index in [1.54, 1.807) is 12.5 Å². The second-order valence-corrected chi connectivity index (χ2v) is 7.91. The molecular formula is C18H28N4O3. The van der Waals surface area contributed by atoms with Crippen LogP contribution in [0.1, 0.15) is 33.1 Å². The van der Waals surface area contributed by atoms with E-state index in [0.29, 0.717) is 24.9 Å². The van der Waals surface area contributed by atoms with Gasteiger partial charge in [0.15, 0.2) is 0 Å². The molecule has 0 aromatic carbocycles. The van der Waals surface area contributed by atoms with E-state index in [4.69, 9.17) is 5.11 Å². The highest BCUT2D eigenvalue weighted by atomic mass is 16.4. The van der Waals surface area contributed by atoms with E-state index < -0.39 is 5.97 Å². The highest BCUT2D eigenvalue weighted by Gasteiger charge is 2.51. The van der Waals surface area contributed by atoms with Crippen molar-refractivity contribution in [2.24, 2.45) is 17.3 Å². The summed E-state index contributed by atoms with van der Waals surface area (Å²) in [7, 11) is 0. The second-order valence-electron chi connectivity index (χ2n) is 7.91. The van der Waals surface area contributed by atoms with Gasteiger partial charge in [-0.3, -0.25) is 9.59 Å². The summed E-state index contributed by atoms with van der Waals surface area (Å²) in [5.74, 6) is 0.175. The Morgan fingerprint density at radius 2 is 2.12 bits per heavy atom. The maximum absolute atomic E-state index is 12.9. The van der Waals surface area contributed by atoms with Gasteiger partial charge < -0.3 is 19.9 Å². The van der Waals surface area contributed by atoms with Crippen molar-refractivity contribution in [3.8, 4) is 0 Å². The lowest BCUT2D eigenvalue weighted by atomic mass is 9.90. The number of hydrogen-bond acceptors (Lipinski definition) is 4. The molecule has 0 spiro atoms. The van der Waals surface area contributed by atoms with Crippen molar-refractivity contribution in [1.29, 1.82) is 0 Å². The summed E-state index contributed by atoms with van der Waals surface area (Å²) >= 11 is 0. The van der Waals surface area contributed by atoms with Gasteiger partial charge in [-0.15, -0.1) is 0 Å². The van der Waals surface area contributed by atoms with Crippen molar-refractivity contribution in [3.05, 3.63) is 18.7 Å². The highest BCUT2D eigenvalue weighted by molar-refractivity contribution is 5.85. The SMILES string of the molecule is CC(C)[C@@H]1CN(CCC(=O)O)C[C@H]1NC(=O)C1(Cn2ccnc2)CC1. The number of aliphatic carboxylic acids is 1. The van der Waals surface area contributed by atoms with E-state index in [1.807, 2.05) is 10.8 Å². The summed E-state index contributed by atoms with van der Waals surface area (Å²) in [5, 5.41) is 12.2. The minimum absolute atomic E-state index is 0.0987. The van der Waals surface area contributed by atoms with Crippen molar-refractivity contribution < 1.29 is 14.7 Å². The number of hydrogen-bond donors (Lipinski definition) is 2. The third kappa shape index (κ3) is 4.21. The van der Waals surface area contributed by atoms with Crippen LogP contribution in [0.25, 0.3) is 0 Å². The molecule has 1 saturated carbocycles. The Kier molecular flexibility index (Phi) is 5.13. The minimum atomic E-state index is -0.772. The molecule has 0 radical (unpaired) electrons. The zero-order chi connectivity index (χ0) is 18.0. The van der Waals surface area contributed by atoms with Gasteiger partial charge in [0.1, 0.15) is 0 Å². The van der Waals surface area contributed by atoms with Crippen LogP contribution in [0.5, 0.6) is 0 Å². The summed E-state index contributed by atoms with van der Waals surface area (Å²) in [4.78, 5) is 29.9. The second kappa shape index (κ2) is 7.15. The third-order valence-corrected chi connectivity index (χ3v) is 5.64. The monoisotopic (exact) mass is 348 g/mol. The number of likely N-dealkylation sites (tertiary alicyclic amines) is 1. The molecule has 1 amide bonds. The largest absolute Gasteiger partial charge is 0.481 e. The first-order valence-electron chi connectivity index (χ1n) is 9.10. The Morgan fingerprint density at radius 3 is 2.68 bits per heavy atom. The lowest BCUT2D eigenvalue weighted by Crippen LogP contribution is -2.46. The van der Waals surface area contributed by atoms with Crippen LogP contribution in [0, 0.1) is 17.3 Å². The van der Waals surface area contributed by atoms with Gasteiger partial charge in [0, 0.05) is 44.6 Å². The number of carboxylic acid groups (broad SMARTS) is 1. The van der Waals surface area contributed by atoms with Gasteiger partial charge >= 0.3 is 5.97 Å². The summed E-state index contributed by atoms with van der Waals surface area (Å²) in [5.41, 5.74) is -0.295. The van der Waals surface area contributed by atoms with Crippen LogP contribution >= 0.6 is 0 Å². The van der Waals surface area contributed by atoms with E-state index in [9.17, 15) is 9.59 Å². The smallest absolute Gasteiger partial charge is 0.304 e. The van der Waals surface area contributed by atoms with Crippen LogP contribution in [0.3, 0.4) is 0 Å². The number of imidazole rings is 1. The number of nitrogens with one attached hydrogen (secondary N) is 1. The van der Waals surface area contributed by atoms with Crippen LogP contribution in [-0.4, -0.2) is 57.1 Å². The molecule has 2 atom stereocenters. The highest BCUT2D eigenvalue weighted by Crippen LogP contribution is 2.47. The molecule has 7 heteroatoms. The van der Waals surface area contributed by atoms with Gasteiger partial charge in [-0.05, 0) is 24.7 Å². The average Bonchev–Trinajstić information content (AvgIpc) is 2.96. The number of carbonyl (C=O) groups excluding carboxylic acids is 1. The molecule has 0 bridgehead atoms. The maximum Gasteiger partial charge on any atom is 0.304 e. The van der Waals surface area contributed by atoms with Crippen LogP contribution in [0.4, 0.5) is 0 Å². The van der Waals surface area contributed by atoms with Crippen LogP contribution < -0.4 is 5.32 Å². The van der Waals surface area contributed by atoms with Crippen LogP contribution in [0.15, 0.2) is 18.7 Å². The molecule has 2 heterocycles. The van der Waals surface area contributed by atoms with E-state index in [0.717, 1.165) is 25.9 Å². The molecule has 25 heavy (non-hydrogen) atoms. The number of carboxylic acids is 1. The van der Waals surface area contributed by atoms with Crippen LogP contribution in [-0.2, 0) is 16.1 Å². The molecule has 2 aliphatic rings. The van der Waals surface area contributed by atoms with E-state index in [2.05, 4.69) is 29.0 Å². The topological polar surface area (TPSA) is 87.5 Å². The molecule has 2 N–H and O–H groups in total. The zero-order valence-corrected chi connectivity index (χ0v) is 15.0. The number of nitrogens with zero attached hydrogens (tertiary/aromatic N) is 3. The molecule has 3 rings (SSSR count). The van der Waals surface area contributed by atoms with Gasteiger partial charge in [-0.2, -0.15) is 0 Å². The number of amides is 1. The summed E-state index contributed by atoms with van der Waals surface area (Å²) in [6.45, 7) is 7.16. The van der Waals surface area contributed by atoms with Crippen molar-refractivity contribution in [2.45, 2.75) is 45.7 Å². The summed E-state index contributed by atoms with van der Waals surface area (Å²) in [6.07, 6.45) is 7.37. The summed E-state index contributed by atoms with van der Waals surface area (Å²) < 4.78 is 1.97. The van der Waals surface area contributed by atoms with Gasteiger partial charge in [-0.25, -0.2) is 4.98 Å². The average molecular weight is 348 g/mol. The Morgan fingerprint density at radius 1 is 1.36 bits per heavy atom. The number of carbonyl (C=O) groups is 2. The lowest BCUT2D eigenvalue weighted by Gasteiger charge is -2.25. The zero-order valence-electron chi connectivity index (χ0n) is 15.0. The van der Waals surface area contributed by atoms with E-state index in [1.165, 1.54) is 0 Å². The van der Waals surface area contributed by atoms with Gasteiger partial charge in [0.25, 0.3) is 0 Å². The molecule has 1 aliphatic heterocycles. The predicted octanol–water partition coefficient (Wildman–Crippen LogP) is 1.21. The first-order valence-corrected chi connectivity index (χ1v) is 9.10. The minimum Gasteiger partial charge on any atom is -0.481 e. The van der Waals surface area contributed by atoms with E-state index in [-0.39, 0.29) is 23.8 Å². The quantitative estimate of drug-likeness (QED) is 0.737. The normalized spacial score (nSPS) is 25.2. The molecule has 1 aromatic rings. The number of aromatic nitrogens is 2. The first-order chi connectivity index (χ1) is 11.9. The molecule has 138 valence electrons. The van der Waals surface area contributed by atoms with Crippen LogP contribution in [0.2, 0.25) is 0 Å². The fraction of sp³-hybridized carbons (Fsp3) is 0.722. The molecule has 2 fully saturated rings. The van der Waals surface area contributed by atoms with Crippen molar-refractivity contribution >= 4 is 11.9 Å². The fourth-order valence-corrected chi connectivity index (χ4v) is 3.84. The molecule has 7 nitrogen and oxygen atoms in total. The molecular weight excluding hydrogens is 320 g/mol. The molecule has 0 unspecified atom stereocenters. The van der Waals surface area contributed by atoms with E-state index >= 15 is 0 Å². The Bertz CT molecular complexity index is 610. The Hall–Kier alpha value is -1.89. The van der Waals surface area contributed by atoms with Gasteiger partial charge in [0.05, 0.1) is 18.2 Å². The predicted molar refractivity (Wildman–Crippen MR) is 92.8 cm³/mol. The third-order valence-electron chi connectivity index (χ3n) is 5.64. The fourth-order valence-electron chi connectivity index (χ4n) is 3.84. The van der Waals surface area contributed by atoms with Crippen molar-refractivity contribution in [2.75, 3.05) is 19.6 Å². The summed E-state index contributed by atoms with van der Waals surface area (Å²) in [6, 6.07) is 0.0987. The van der Waals surface area contributed by atoms with Crippen molar-refractivity contribution in [3.63, 3.8) is 0 Å². The molecule has 1 aliphatic carbocycles. The molecule has 1 saturated heterocycles.